The van der Waals surface area contributed by atoms with Crippen LogP contribution in [0.2, 0.25) is 0 Å². The van der Waals surface area contributed by atoms with Gasteiger partial charge in [-0.1, -0.05) is 12.6 Å². The number of fused-ring (bicyclic) bond motifs is 1. The van der Waals surface area contributed by atoms with Crippen LogP contribution in [0.1, 0.15) is 12.5 Å². The molecule has 17 heavy (non-hydrogen) atoms. The Bertz CT molecular complexity index is 470. The molecule has 0 spiro atoms. The lowest BCUT2D eigenvalue weighted by molar-refractivity contribution is -0.141. The van der Waals surface area contributed by atoms with Crippen molar-refractivity contribution in [3.8, 4) is 0 Å². The van der Waals surface area contributed by atoms with Gasteiger partial charge < -0.3 is 10.1 Å². The highest BCUT2D eigenvalue weighted by molar-refractivity contribution is 8.01. The molecule has 0 radical (unpaired) electrons. The summed E-state index contributed by atoms with van der Waals surface area (Å²) < 4.78 is 5.04. The molecule has 1 aliphatic heterocycles. The number of rotatable bonds is 2. The first kappa shape index (κ1) is 12.0. The molecule has 1 atom stereocenters. The summed E-state index contributed by atoms with van der Waals surface area (Å²) in [5, 5.41) is 2.80. The van der Waals surface area contributed by atoms with Gasteiger partial charge in [-0.25, -0.2) is 0 Å². The van der Waals surface area contributed by atoms with E-state index in [-0.39, 0.29) is 11.2 Å². The topological polar surface area (TPSA) is 38.3 Å². The number of carbonyl (C=O) groups excluding carboxylic acids is 1. The zero-order chi connectivity index (χ0) is 12.4. The first-order chi connectivity index (χ1) is 8.11. The molecule has 3 nitrogen and oxygen atoms in total. The minimum absolute atomic E-state index is 0.234. The number of carbonyl (C=O) groups is 1. The predicted octanol–water partition coefficient (Wildman–Crippen LogP) is 2.96. The lowest BCUT2D eigenvalue weighted by atomic mass is 10.2. The van der Waals surface area contributed by atoms with Gasteiger partial charge in [0.1, 0.15) is 5.25 Å². The van der Waals surface area contributed by atoms with Crippen LogP contribution in [0, 0.1) is 6.92 Å². The molecule has 0 saturated carbocycles. The van der Waals surface area contributed by atoms with Crippen LogP contribution in [0.25, 0.3) is 0 Å². The molecule has 2 rings (SSSR count). The van der Waals surface area contributed by atoms with Crippen LogP contribution in [0.5, 0.6) is 0 Å². The standard InChI is InChI=1S/C13H15NO2S/c1-4-16-13(15)12-9(3)14-10-6-5-8(2)7-11(10)17-12/h5-7,12,14H,3-4H2,1-2H3. The fourth-order valence-electron chi connectivity index (χ4n) is 1.68. The first-order valence-electron chi connectivity index (χ1n) is 5.51. The average Bonchev–Trinajstić information content (AvgIpc) is 2.29. The van der Waals surface area contributed by atoms with E-state index in [0.717, 1.165) is 10.6 Å². The molecule has 0 aromatic heterocycles. The third kappa shape index (κ3) is 2.47. The maximum Gasteiger partial charge on any atom is 0.325 e. The molecule has 90 valence electrons. The van der Waals surface area contributed by atoms with Gasteiger partial charge in [0.2, 0.25) is 0 Å². The molecular weight excluding hydrogens is 234 g/mol. The number of nitrogens with one attached hydrogen (secondary N) is 1. The maximum atomic E-state index is 11.8. The summed E-state index contributed by atoms with van der Waals surface area (Å²) in [5.41, 5.74) is 2.86. The van der Waals surface area contributed by atoms with E-state index >= 15 is 0 Å². The highest BCUT2D eigenvalue weighted by atomic mass is 32.2. The molecule has 0 amide bonds. The van der Waals surface area contributed by atoms with Crippen LogP contribution in [0.3, 0.4) is 0 Å². The maximum absolute atomic E-state index is 11.8. The molecule has 0 saturated heterocycles. The van der Waals surface area contributed by atoms with Crippen molar-refractivity contribution in [3.63, 3.8) is 0 Å². The van der Waals surface area contributed by atoms with E-state index in [0.29, 0.717) is 12.3 Å². The Morgan fingerprint density at radius 2 is 2.35 bits per heavy atom. The number of hydrogen-bond acceptors (Lipinski definition) is 4. The summed E-state index contributed by atoms with van der Waals surface area (Å²) in [6, 6.07) is 6.10. The quantitative estimate of drug-likeness (QED) is 0.818. The third-order valence-corrected chi connectivity index (χ3v) is 3.80. The number of esters is 1. The highest BCUT2D eigenvalue weighted by Crippen LogP contribution is 2.39. The van der Waals surface area contributed by atoms with Crippen LogP contribution in [0.15, 0.2) is 35.4 Å². The molecular formula is C13H15NO2S. The fourth-order valence-corrected chi connectivity index (χ4v) is 2.79. The van der Waals surface area contributed by atoms with Gasteiger partial charge in [0, 0.05) is 10.6 Å². The zero-order valence-corrected chi connectivity index (χ0v) is 10.8. The van der Waals surface area contributed by atoms with Gasteiger partial charge in [0.25, 0.3) is 0 Å². The summed E-state index contributed by atoms with van der Waals surface area (Å²) in [7, 11) is 0. The van der Waals surface area contributed by atoms with Gasteiger partial charge in [-0.15, -0.1) is 11.8 Å². The Labute approximate surface area is 105 Å². The largest absolute Gasteiger partial charge is 0.465 e. The lowest BCUT2D eigenvalue weighted by Gasteiger charge is -2.26. The molecule has 1 aliphatic rings. The number of anilines is 1. The van der Waals surface area contributed by atoms with Crippen LogP contribution in [-0.4, -0.2) is 17.8 Å². The van der Waals surface area contributed by atoms with Gasteiger partial charge in [0.15, 0.2) is 0 Å². The monoisotopic (exact) mass is 249 g/mol. The number of hydrogen-bond donors (Lipinski definition) is 1. The van der Waals surface area contributed by atoms with E-state index in [4.69, 9.17) is 4.74 Å². The fraction of sp³-hybridized carbons (Fsp3) is 0.308. The Balaban J connectivity index is 2.25. The van der Waals surface area contributed by atoms with Gasteiger partial charge in [0.05, 0.1) is 12.3 Å². The summed E-state index contributed by atoms with van der Waals surface area (Å²) >= 11 is 1.49. The number of ether oxygens (including phenoxy) is 1. The van der Waals surface area contributed by atoms with Crippen molar-refractivity contribution in [1.82, 2.24) is 0 Å². The summed E-state index contributed by atoms with van der Waals surface area (Å²) in [6.45, 7) is 8.12. The van der Waals surface area contributed by atoms with Gasteiger partial charge in [-0.3, -0.25) is 4.79 Å². The summed E-state index contributed by atoms with van der Waals surface area (Å²) in [4.78, 5) is 12.8. The smallest absolute Gasteiger partial charge is 0.325 e. The van der Waals surface area contributed by atoms with Crippen LogP contribution < -0.4 is 5.32 Å². The van der Waals surface area contributed by atoms with Crippen molar-refractivity contribution in [1.29, 1.82) is 0 Å². The highest BCUT2D eigenvalue weighted by Gasteiger charge is 2.29. The van der Waals surface area contributed by atoms with Crippen LogP contribution in [0.4, 0.5) is 5.69 Å². The Morgan fingerprint density at radius 3 is 3.06 bits per heavy atom. The van der Waals surface area contributed by atoms with Gasteiger partial charge >= 0.3 is 5.97 Å². The third-order valence-electron chi connectivity index (χ3n) is 2.49. The average molecular weight is 249 g/mol. The molecule has 4 heteroatoms. The van der Waals surface area contributed by atoms with Crippen molar-refractivity contribution < 1.29 is 9.53 Å². The van der Waals surface area contributed by atoms with E-state index in [2.05, 4.69) is 18.0 Å². The first-order valence-corrected chi connectivity index (χ1v) is 6.39. The molecule has 1 aromatic rings. The van der Waals surface area contributed by atoms with E-state index < -0.39 is 0 Å². The summed E-state index contributed by atoms with van der Waals surface area (Å²) in [5.74, 6) is -0.234. The zero-order valence-electron chi connectivity index (χ0n) is 9.95. The Kier molecular flexibility index (Phi) is 3.43. The second kappa shape index (κ2) is 4.84. The number of thioether (sulfide) groups is 1. The van der Waals surface area contributed by atoms with E-state index in [1.165, 1.54) is 17.3 Å². The molecule has 1 unspecified atom stereocenters. The molecule has 1 N–H and O–H groups in total. The van der Waals surface area contributed by atoms with Crippen molar-refractivity contribution in [2.45, 2.75) is 24.0 Å². The van der Waals surface area contributed by atoms with Crippen molar-refractivity contribution >= 4 is 23.4 Å². The molecule has 0 fully saturated rings. The van der Waals surface area contributed by atoms with E-state index in [1.807, 2.05) is 19.1 Å². The number of aryl methyl sites for hydroxylation is 1. The molecule has 1 aromatic carbocycles. The lowest BCUT2D eigenvalue weighted by Crippen LogP contribution is -2.28. The van der Waals surface area contributed by atoms with Crippen molar-refractivity contribution in [2.75, 3.05) is 11.9 Å². The molecule has 0 aliphatic carbocycles. The van der Waals surface area contributed by atoms with E-state index in [9.17, 15) is 4.79 Å². The van der Waals surface area contributed by atoms with E-state index in [1.54, 1.807) is 6.92 Å². The second-order valence-electron chi connectivity index (χ2n) is 3.90. The van der Waals surface area contributed by atoms with Gasteiger partial charge in [-0.05, 0) is 31.5 Å². The van der Waals surface area contributed by atoms with Crippen molar-refractivity contribution in [3.05, 3.63) is 36.0 Å². The van der Waals surface area contributed by atoms with Crippen molar-refractivity contribution in [2.24, 2.45) is 0 Å². The normalized spacial score (nSPS) is 18.2. The predicted molar refractivity (Wildman–Crippen MR) is 70.2 cm³/mol. The Hall–Kier alpha value is -1.42. The summed E-state index contributed by atoms with van der Waals surface area (Å²) in [6.07, 6.45) is 0. The Morgan fingerprint density at radius 1 is 1.59 bits per heavy atom. The minimum atomic E-state index is -0.357. The SMILES string of the molecule is C=C1Nc2ccc(C)cc2SC1C(=O)OCC. The van der Waals surface area contributed by atoms with Crippen LogP contribution >= 0.6 is 11.8 Å². The minimum Gasteiger partial charge on any atom is -0.465 e. The van der Waals surface area contributed by atoms with Crippen LogP contribution in [-0.2, 0) is 9.53 Å². The molecule has 0 bridgehead atoms. The van der Waals surface area contributed by atoms with Gasteiger partial charge in [-0.2, -0.15) is 0 Å². The number of benzene rings is 1. The second-order valence-corrected chi connectivity index (χ2v) is 5.05. The molecule has 1 heterocycles.